The Morgan fingerprint density at radius 3 is 2.45 bits per heavy atom. The predicted octanol–water partition coefficient (Wildman–Crippen LogP) is 3.49. The summed E-state index contributed by atoms with van der Waals surface area (Å²) in [5, 5.41) is 3.96. The van der Waals surface area contributed by atoms with Gasteiger partial charge in [0.2, 0.25) is 0 Å². The fraction of sp³-hybridized carbons (Fsp3) is 0.222. The first kappa shape index (κ1) is 15.8. The van der Waals surface area contributed by atoms with Gasteiger partial charge in [0.1, 0.15) is 5.75 Å². The van der Waals surface area contributed by atoms with Gasteiger partial charge in [-0.25, -0.2) is 5.43 Å². The van der Waals surface area contributed by atoms with Gasteiger partial charge in [-0.05, 0) is 47.9 Å². The molecule has 0 bridgehead atoms. The van der Waals surface area contributed by atoms with Crippen molar-refractivity contribution >= 4 is 12.1 Å². The molecule has 0 aromatic heterocycles. The number of hydrazone groups is 1. The van der Waals surface area contributed by atoms with Gasteiger partial charge < -0.3 is 4.74 Å². The van der Waals surface area contributed by atoms with Crippen LogP contribution in [0.1, 0.15) is 29.8 Å². The molecule has 0 radical (unpaired) electrons. The molecular formula is C18H20N2O2. The standard InChI is InChI=1S/C18H20N2O2/c1-14(2)13-22-17-10-8-15(9-11-17)12-19-20-18(21)16-6-4-3-5-7-16/h3-12,14H,13H2,1-2H3,(H,20,21)/b19-12-. The molecule has 0 saturated carbocycles. The Bertz CT molecular complexity index is 619. The molecule has 0 unspecified atom stereocenters. The Kier molecular flexibility index (Phi) is 5.72. The summed E-state index contributed by atoms with van der Waals surface area (Å²) in [5.74, 6) is 1.10. The van der Waals surface area contributed by atoms with Crippen molar-refractivity contribution < 1.29 is 9.53 Å². The Morgan fingerprint density at radius 2 is 1.82 bits per heavy atom. The van der Waals surface area contributed by atoms with E-state index in [0.29, 0.717) is 18.1 Å². The largest absolute Gasteiger partial charge is 0.493 e. The van der Waals surface area contributed by atoms with E-state index in [2.05, 4.69) is 24.4 Å². The zero-order chi connectivity index (χ0) is 15.8. The monoisotopic (exact) mass is 296 g/mol. The zero-order valence-electron chi connectivity index (χ0n) is 12.8. The summed E-state index contributed by atoms with van der Waals surface area (Å²) in [7, 11) is 0. The van der Waals surface area contributed by atoms with Crippen molar-refractivity contribution in [2.45, 2.75) is 13.8 Å². The van der Waals surface area contributed by atoms with E-state index in [9.17, 15) is 4.79 Å². The summed E-state index contributed by atoms with van der Waals surface area (Å²) >= 11 is 0. The van der Waals surface area contributed by atoms with Crippen LogP contribution in [0.15, 0.2) is 59.7 Å². The van der Waals surface area contributed by atoms with Gasteiger partial charge in [-0.15, -0.1) is 0 Å². The SMILES string of the molecule is CC(C)COc1ccc(/C=N\NC(=O)c2ccccc2)cc1. The fourth-order valence-corrected chi connectivity index (χ4v) is 1.73. The molecule has 0 atom stereocenters. The van der Waals surface area contributed by atoms with Crippen LogP contribution in [0.25, 0.3) is 0 Å². The number of amides is 1. The normalized spacial score (nSPS) is 10.9. The molecule has 0 aliphatic heterocycles. The summed E-state index contributed by atoms with van der Waals surface area (Å²) < 4.78 is 5.61. The van der Waals surface area contributed by atoms with E-state index in [1.165, 1.54) is 0 Å². The Hall–Kier alpha value is -2.62. The number of ether oxygens (including phenoxy) is 1. The molecule has 1 N–H and O–H groups in total. The minimum atomic E-state index is -0.228. The highest BCUT2D eigenvalue weighted by molar-refractivity contribution is 5.94. The molecule has 0 fully saturated rings. The van der Waals surface area contributed by atoms with Crippen LogP contribution in [-0.2, 0) is 0 Å². The van der Waals surface area contributed by atoms with Gasteiger partial charge in [-0.1, -0.05) is 32.0 Å². The van der Waals surface area contributed by atoms with Gasteiger partial charge >= 0.3 is 0 Å². The molecule has 0 saturated heterocycles. The molecule has 0 spiro atoms. The fourth-order valence-electron chi connectivity index (χ4n) is 1.73. The second kappa shape index (κ2) is 7.98. The Morgan fingerprint density at radius 1 is 1.14 bits per heavy atom. The molecular weight excluding hydrogens is 276 g/mol. The van der Waals surface area contributed by atoms with Crippen molar-refractivity contribution in [3.8, 4) is 5.75 Å². The van der Waals surface area contributed by atoms with E-state index in [1.54, 1.807) is 18.3 Å². The van der Waals surface area contributed by atoms with Crippen LogP contribution in [0.2, 0.25) is 0 Å². The first-order valence-corrected chi connectivity index (χ1v) is 7.26. The van der Waals surface area contributed by atoms with E-state index in [4.69, 9.17) is 4.74 Å². The molecule has 4 heteroatoms. The number of carbonyl (C=O) groups is 1. The van der Waals surface area contributed by atoms with Crippen LogP contribution < -0.4 is 10.2 Å². The molecule has 4 nitrogen and oxygen atoms in total. The quantitative estimate of drug-likeness (QED) is 0.655. The molecule has 114 valence electrons. The van der Waals surface area contributed by atoms with Crippen LogP contribution in [0.3, 0.4) is 0 Å². The van der Waals surface area contributed by atoms with Crippen LogP contribution >= 0.6 is 0 Å². The van der Waals surface area contributed by atoms with E-state index >= 15 is 0 Å². The summed E-state index contributed by atoms with van der Waals surface area (Å²) in [6.45, 7) is 4.91. The predicted molar refractivity (Wildman–Crippen MR) is 88.3 cm³/mol. The summed E-state index contributed by atoms with van der Waals surface area (Å²) in [4.78, 5) is 11.8. The average molecular weight is 296 g/mol. The third-order valence-corrected chi connectivity index (χ3v) is 2.88. The summed E-state index contributed by atoms with van der Waals surface area (Å²) in [6, 6.07) is 16.6. The minimum Gasteiger partial charge on any atom is -0.493 e. The number of hydrogen-bond donors (Lipinski definition) is 1. The molecule has 0 aliphatic rings. The number of carbonyl (C=O) groups excluding carboxylic acids is 1. The van der Waals surface area contributed by atoms with Gasteiger partial charge in [-0.3, -0.25) is 4.79 Å². The highest BCUT2D eigenvalue weighted by atomic mass is 16.5. The van der Waals surface area contributed by atoms with Crippen molar-refractivity contribution in [3.05, 3.63) is 65.7 Å². The van der Waals surface area contributed by atoms with Crippen molar-refractivity contribution in [3.63, 3.8) is 0 Å². The number of hydrogen-bond acceptors (Lipinski definition) is 3. The number of rotatable bonds is 6. The lowest BCUT2D eigenvalue weighted by Crippen LogP contribution is -2.17. The van der Waals surface area contributed by atoms with E-state index in [0.717, 1.165) is 11.3 Å². The van der Waals surface area contributed by atoms with E-state index in [1.807, 2.05) is 42.5 Å². The van der Waals surface area contributed by atoms with Gasteiger partial charge in [0.05, 0.1) is 12.8 Å². The van der Waals surface area contributed by atoms with Crippen LogP contribution in [-0.4, -0.2) is 18.7 Å². The molecule has 2 aromatic carbocycles. The van der Waals surface area contributed by atoms with Crippen LogP contribution in [0.5, 0.6) is 5.75 Å². The van der Waals surface area contributed by atoms with Crippen molar-refractivity contribution in [1.29, 1.82) is 0 Å². The summed E-state index contributed by atoms with van der Waals surface area (Å²) in [5.41, 5.74) is 3.98. The summed E-state index contributed by atoms with van der Waals surface area (Å²) in [6.07, 6.45) is 1.60. The maximum atomic E-state index is 11.8. The maximum absolute atomic E-state index is 11.8. The zero-order valence-corrected chi connectivity index (χ0v) is 12.8. The van der Waals surface area contributed by atoms with E-state index < -0.39 is 0 Å². The lowest BCUT2D eigenvalue weighted by Gasteiger charge is -2.08. The topological polar surface area (TPSA) is 50.7 Å². The lowest BCUT2D eigenvalue weighted by molar-refractivity contribution is 0.0955. The van der Waals surface area contributed by atoms with Gasteiger partial charge in [0.25, 0.3) is 5.91 Å². The van der Waals surface area contributed by atoms with Crippen molar-refractivity contribution in [2.75, 3.05) is 6.61 Å². The third kappa shape index (κ3) is 5.05. The molecule has 2 rings (SSSR count). The van der Waals surface area contributed by atoms with Crippen LogP contribution in [0, 0.1) is 5.92 Å². The second-order valence-corrected chi connectivity index (χ2v) is 5.34. The third-order valence-electron chi connectivity index (χ3n) is 2.88. The minimum absolute atomic E-state index is 0.228. The molecule has 1 amide bonds. The number of nitrogens with one attached hydrogen (secondary N) is 1. The van der Waals surface area contributed by atoms with Crippen molar-refractivity contribution in [1.82, 2.24) is 5.43 Å². The second-order valence-electron chi connectivity index (χ2n) is 5.34. The highest BCUT2D eigenvalue weighted by Crippen LogP contribution is 2.12. The van der Waals surface area contributed by atoms with Gasteiger partial charge in [0, 0.05) is 5.56 Å². The first-order valence-electron chi connectivity index (χ1n) is 7.26. The molecule has 22 heavy (non-hydrogen) atoms. The first-order chi connectivity index (χ1) is 10.6. The van der Waals surface area contributed by atoms with Crippen molar-refractivity contribution in [2.24, 2.45) is 11.0 Å². The van der Waals surface area contributed by atoms with Gasteiger partial charge in [0.15, 0.2) is 0 Å². The molecule has 2 aromatic rings. The Balaban J connectivity index is 1.86. The smallest absolute Gasteiger partial charge is 0.271 e. The van der Waals surface area contributed by atoms with Crippen LogP contribution in [0.4, 0.5) is 0 Å². The lowest BCUT2D eigenvalue weighted by atomic mass is 10.2. The molecule has 0 heterocycles. The Labute approximate surface area is 130 Å². The van der Waals surface area contributed by atoms with E-state index in [-0.39, 0.29) is 5.91 Å². The highest BCUT2D eigenvalue weighted by Gasteiger charge is 2.01. The number of benzene rings is 2. The average Bonchev–Trinajstić information content (AvgIpc) is 2.55. The van der Waals surface area contributed by atoms with Gasteiger partial charge in [-0.2, -0.15) is 5.10 Å². The molecule has 0 aliphatic carbocycles. The number of nitrogens with zero attached hydrogens (tertiary/aromatic N) is 1. The maximum Gasteiger partial charge on any atom is 0.271 e.